The molecule has 7 nitrogen and oxygen atoms in total. The van der Waals surface area contributed by atoms with Gasteiger partial charge in [-0.15, -0.1) is 0 Å². The van der Waals surface area contributed by atoms with Crippen LogP contribution in [0, 0.1) is 5.82 Å². The van der Waals surface area contributed by atoms with Crippen LogP contribution in [0.1, 0.15) is 55.1 Å². The molecule has 2 amide bonds. The molecule has 1 aromatic heterocycles. The number of nitrogens with zero attached hydrogens (tertiary/aromatic N) is 2. The minimum Gasteiger partial charge on any atom is -0.496 e. The molecule has 1 aliphatic heterocycles. The molecule has 0 radical (unpaired) electrons. The lowest BCUT2D eigenvalue weighted by Crippen LogP contribution is -2.64. The highest BCUT2D eigenvalue weighted by molar-refractivity contribution is 6.05. The Balaban J connectivity index is 1.62. The van der Waals surface area contributed by atoms with Crippen LogP contribution in [0.2, 0.25) is 0 Å². The minimum atomic E-state index is -1.20. The van der Waals surface area contributed by atoms with Gasteiger partial charge in [-0.1, -0.05) is 31.4 Å². The lowest BCUT2D eigenvalue weighted by molar-refractivity contribution is -0.134. The highest BCUT2D eigenvalue weighted by atomic mass is 19.1. The number of methoxy groups -OCH3 is 2. The zero-order valence-corrected chi connectivity index (χ0v) is 21.0. The highest BCUT2D eigenvalue weighted by Crippen LogP contribution is 2.40. The topological polar surface area (TPSA) is 72.8 Å². The molecule has 1 aliphatic carbocycles. The van der Waals surface area contributed by atoms with E-state index in [0.29, 0.717) is 28.3 Å². The molecule has 1 unspecified atom stereocenters. The normalized spacial score (nSPS) is 20.3. The van der Waals surface area contributed by atoms with Crippen LogP contribution in [0.4, 0.5) is 4.39 Å². The first-order valence-corrected chi connectivity index (χ1v) is 12.5. The molecule has 1 fully saturated rings. The van der Waals surface area contributed by atoms with Crippen LogP contribution >= 0.6 is 0 Å². The third kappa shape index (κ3) is 4.08. The van der Waals surface area contributed by atoms with Crippen molar-refractivity contribution in [3.05, 3.63) is 59.5 Å². The van der Waals surface area contributed by atoms with Crippen LogP contribution in [-0.4, -0.2) is 47.1 Å². The van der Waals surface area contributed by atoms with Gasteiger partial charge >= 0.3 is 0 Å². The van der Waals surface area contributed by atoms with Crippen LogP contribution in [0.3, 0.4) is 0 Å². The van der Waals surface area contributed by atoms with Crippen molar-refractivity contribution >= 4 is 22.7 Å². The van der Waals surface area contributed by atoms with Gasteiger partial charge in [0.1, 0.15) is 28.5 Å². The van der Waals surface area contributed by atoms with E-state index in [1.807, 2.05) is 4.57 Å². The summed E-state index contributed by atoms with van der Waals surface area (Å²) in [5.41, 5.74) is 0.572. The van der Waals surface area contributed by atoms with E-state index in [-0.39, 0.29) is 36.8 Å². The van der Waals surface area contributed by atoms with Crippen LogP contribution < -0.4 is 14.8 Å². The Bertz CT molecular complexity index is 1310. The molecule has 2 aromatic carbocycles. The molecular formula is C28H32FN3O4. The third-order valence-corrected chi connectivity index (χ3v) is 7.61. The second-order valence-electron chi connectivity index (χ2n) is 9.95. The van der Waals surface area contributed by atoms with Crippen LogP contribution in [0.25, 0.3) is 10.9 Å². The molecule has 5 rings (SSSR count). The Hall–Kier alpha value is -3.55. The predicted molar refractivity (Wildman–Crippen MR) is 135 cm³/mol. The maximum absolute atomic E-state index is 14.0. The lowest BCUT2D eigenvalue weighted by Gasteiger charge is -2.45. The summed E-state index contributed by atoms with van der Waals surface area (Å²) in [5, 5.41) is 3.96. The van der Waals surface area contributed by atoms with Gasteiger partial charge in [0.15, 0.2) is 0 Å². The van der Waals surface area contributed by atoms with Crippen molar-refractivity contribution in [2.75, 3.05) is 14.2 Å². The van der Waals surface area contributed by atoms with Crippen molar-refractivity contribution in [3.63, 3.8) is 0 Å². The monoisotopic (exact) mass is 493 g/mol. The molecule has 2 aliphatic rings. The fraction of sp³-hybridized carbons (Fsp3) is 0.429. The molecule has 3 aromatic rings. The van der Waals surface area contributed by atoms with E-state index in [1.165, 1.54) is 18.6 Å². The number of carbonyl (C=O) groups is 2. The summed E-state index contributed by atoms with van der Waals surface area (Å²) in [5.74, 6) is 0.332. The number of fused-ring (bicyclic) bond motifs is 3. The maximum atomic E-state index is 14.0. The summed E-state index contributed by atoms with van der Waals surface area (Å²) >= 11 is 0. The highest BCUT2D eigenvalue weighted by Gasteiger charge is 2.48. The Morgan fingerprint density at radius 2 is 1.81 bits per heavy atom. The van der Waals surface area contributed by atoms with E-state index in [9.17, 15) is 14.0 Å². The number of carbonyl (C=O) groups excluding carboxylic acids is 2. The molecule has 190 valence electrons. The number of hydrogen-bond donors (Lipinski definition) is 1. The van der Waals surface area contributed by atoms with E-state index in [0.717, 1.165) is 31.1 Å². The third-order valence-electron chi connectivity index (χ3n) is 7.61. The fourth-order valence-electron chi connectivity index (χ4n) is 5.61. The standard InChI is InChI=1S/C28H32FN3O4/c1-28(27(34)30-20-10-5-4-6-11-20)17-31-22(15-21-23(35-2)12-13-24(36-3)25(21)31)26(33)32(28)16-18-8-7-9-19(29)14-18/h7-9,12-15,20H,4-6,10-11,16-17H2,1-3H3,(H,30,34). The van der Waals surface area contributed by atoms with E-state index >= 15 is 0 Å². The number of aromatic nitrogens is 1. The van der Waals surface area contributed by atoms with Crippen molar-refractivity contribution in [2.45, 2.75) is 63.7 Å². The zero-order valence-electron chi connectivity index (χ0n) is 21.0. The van der Waals surface area contributed by atoms with Crippen molar-refractivity contribution in [2.24, 2.45) is 0 Å². The lowest BCUT2D eigenvalue weighted by atomic mass is 9.91. The molecular weight excluding hydrogens is 461 g/mol. The average molecular weight is 494 g/mol. The quantitative estimate of drug-likeness (QED) is 0.542. The molecule has 0 spiro atoms. The van der Waals surface area contributed by atoms with Crippen LogP contribution in [0.5, 0.6) is 11.5 Å². The van der Waals surface area contributed by atoms with Gasteiger partial charge in [0.2, 0.25) is 5.91 Å². The van der Waals surface area contributed by atoms with Gasteiger partial charge in [-0.05, 0) is 55.7 Å². The number of hydrogen-bond acceptors (Lipinski definition) is 4. The van der Waals surface area contributed by atoms with Gasteiger partial charge in [0, 0.05) is 18.0 Å². The first kappa shape index (κ1) is 24.2. The number of ether oxygens (including phenoxy) is 2. The molecule has 0 saturated heterocycles. The van der Waals surface area contributed by atoms with Gasteiger partial charge in [0.25, 0.3) is 5.91 Å². The number of amides is 2. The molecule has 1 atom stereocenters. The minimum absolute atomic E-state index is 0.0895. The average Bonchev–Trinajstić information content (AvgIpc) is 3.26. The van der Waals surface area contributed by atoms with Crippen LogP contribution in [-0.2, 0) is 17.9 Å². The summed E-state index contributed by atoms with van der Waals surface area (Å²) in [7, 11) is 3.16. The van der Waals surface area contributed by atoms with Crippen molar-refractivity contribution < 1.29 is 23.5 Å². The maximum Gasteiger partial charge on any atom is 0.271 e. The summed E-state index contributed by atoms with van der Waals surface area (Å²) in [6, 6.07) is 11.6. The largest absolute Gasteiger partial charge is 0.496 e. The van der Waals surface area contributed by atoms with Gasteiger partial charge in [-0.3, -0.25) is 9.59 Å². The number of halogens is 1. The van der Waals surface area contributed by atoms with E-state index in [4.69, 9.17) is 9.47 Å². The Morgan fingerprint density at radius 3 is 2.50 bits per heavy atom. The van der Waals surface area contributed by atoms with E-state index < -0.39 is 5.54 Å². The van der Waals surface area contributed by atoms with E-state index in [2.05, 4.69) is 5.32 Å². The SMILES string of the molecule is COc1ccc(OC)c2c1cc1n2CC(C)(C(=O)NC2CCCCC2)N(Cc2cccc(F)c2)C1=O. The van der Waals surface area contributed by atoms with Crippen molar-refractivity contribution in [1.29, 1.82) is 0 Å². The Morgan fingerprint density at radius 1 is 1.08 bits per heavy atom. The van der Waals surface area contributed by atoms with Crippen molar-refractivity contribution in [1.82, 2.24) is 14.8 Å². The number of benzene rings is 2. The number of nitrogens with one attached hydrogen (secondary N) is 1. The predicted octanol–water partition coefficient (Wildman–Crippen LogP) is 4.66. The molecule has 1 N–H and O–H groups in total. The molecule has 8 heteroatoms. The van der Waals surface area contributed by atoms with Gasteiger partial charge in [-0.2, -0.15) is 0 Å². The number of rotatable bonds is 6. The van der Waals surface area contributed by atoms with Gasteiger partial charge < -0.3 is 24.3 Å². The van der Waals surface area contributed by atoms with Crippen molar-refractivity contribution in [3.8, 4) is 11.5 Å². The first-order valence-electron chi connectivity index (χ1n) is 12.5. The summed E-state index contributed by atoms with van der Waals surface area (Å²) in [6.45, 7) is 2.14. The first-order chi connectivity index (χ1) is 17.4. The molecule has 2 heterocycles. The second kappa shape index (κ2) is 9.48. The molecule has 36 heavy (non-hydrogen) atoms. The Labute approximate surface area is 210 Å². The summed E-state index contributed by atoms with van der Waals surface area (Å²) < 4.78 is 27.1. The zero-order chi connectivity index (χ0) is 25.4. The van der Waals surface area contributed by atoms with E-state index in [1.54, 1.807) is 56.4 Å². The second-order valence-corrected chi connectivity index (χ2v) is 9.95. The Kier molecular flexibility index (Phi) is 6.36. The molecule has 0 bridgehead atoms. The van der Waals surface area contributed by atoms with Gasteiger partial charge in [0.05, 0.1) is 26.3 Å². The fourth-order valence-corrected chi connectivity index (χ4v) is 5.61. The van der Waals surface area contributed by atoms with Crippen LogP contribution in [0.15, 0.2) is 42.5 Å². The summed E-state index contributed by atoms with van der Waals surface area (Å²) in [4.78, 5) is 29.5. The molecule has 1 saturated carbocycles. The van der Waals surface area contributed by atoms with Gasteiger partial charge in [-0.25, -0.2) is 4.39 Å². The smallest absolute Gasteiger partial charge is 0.271 e. The summed E-state index contributed by atoms with van der Waals surface area (Å²) in [6.07, 6.45) is 5.20.